The third kappa shape index (κ3) is 3.76. The van der Waals surface area contributed by atoms with E-state index in [1.807, 2.05) is 0 Å². The van der Waals surface area contributed by atoms with Gasteiger partial charge >= 0.3 is 5.97 Å². The van der Waals surface area contributed by atoms with Crippen LogP contribution in [0, 0.1) is 11.8 Å². The second-order valence-electron chi connectivity index (χ2n) is 6.99. The van der Waals surface area contributed by atoms with E-state index in [1.165, 1.54) is 0 Å². The van der Waals surface area contributed by atoms with E-state index in [9.17, 15) is 4.79 Å². The van der Waals surface area contributed by atoms with Crippen LogP contribution < -0.4 is 5.32 Å². The highest BCUT2D eigenvalue weighted by Crippen LogP contribution is 2.33. The summed E-state index contributed by atoms with van der Waals surface area (Å²) in [5.41, 5.74) is -0.0309. The number of carboxylic acids is 1. The fourth-order valence-electron chi connectivity index (χ4n) is 4.01. The first-order valence-corrected chi connectivity index (χ1v) is 8.35. The Kier molecular flexibility index (Phi) is 4.82. The zero-order chi connectivity index (χ0) is 14.7. The van der Waals surface area contributed by atoms with E-state index >= 15 is 0 Å². The second-order valence-corrected chi connectivity index (χ2v) is 6.99. The molecule has 0 aromatic carbocycles. The molecule has 2 aliphatic heterocycles. The second kappa shape index (κ2) is 6.63. The largest absolute Gasteiger partial charge is 0.481 e. The maximum absolute atomic E-state index is 11.0. The van der Waals surface area contributed by atoms with Gasteiger partial charge in [0.25, 0.3) is 0 Å². The molecular weight excluding hydrogens is 270 g/mol. The molecule has 0 aromatic heterocycles. The van der Waals surface area contributed by atoms with Crippen molar-refractivity contribution in [3.05, 3.63) is 0 Å². The van der Waals surface area contributed by atoms with Crippen molar-refractivity contribution < 1.29 is 19.4 Å². The topological polar surface area (TPSA) is 67.8 Å². The molecule has 1 aliphatic carbocycles. The summed E-state index contributed by atoms with van der Waals surface area (Å²) in [6, 6.07) is 0.526. The molecule has 3 fully saturated rings. The van der Waals surface area contributed by atoms with Crippen molar-refractivity contribution in [2.45, 2.75) is 56.6 Å². The SMILES string of the molecule is O=C(O)C1CCC(CNC2CCOC3(CCOC3)C2)CC1. The van der Waals surface area contributed by atoms with Crippen molar-refractivity contribution in [2.75, 3.05) is 26.4 Å². The smallest absolute Gasteiger partial charge is 0.306 e. The highest BCUT2D eigenvalue weighted by molar-refractivity contribution is 5.69. The Morgan fingerprint density at radius 1 is 1.19 bits per heavy atom. The lowest BCUT2D eigenvalue weighted by Crippen LogP contribution is -2.48. The standard InChI is InChI=1S/C16H27NO4/c18-15(19)13-3-1-12(2-4-13)10-17-14-5-7-21-16(9-14)6-8-20-11-16/h12-14,17H,1-11H2,(H,18,19). The average Bonchev–Trinajstić information content (AvgIpc) is 2.93. The summed E-state index contributed by atoms with van der Waals surface area (Å²) >= 11 is 0. The van der Waals surface area contributed by atoms with Gasteiger partial charge in [0.1, 0.15) is 0 Å². The Balaban J connectivity index is 1.40. The van der Waals surface area contributed by atoms with E-state index in [-0.39, 0.29) is 11.5 Å². The summed E-state index contributed by atoms with van der Waals surface area (Å²) in [7, 11) is 0. The van der Waals surface area contributed by atoms with Gasteiger partial charge in [0.05, 0.1) is 18.1 Å². The quantitative estimate of drug-likeness (QED) is 0.828. The third-order valence-electron chi connectivity index (χ3n) is 5.45. The van der Waals surface area contributed by atoms with Gasteiger partial charge in [-0.25, -0.2) is 0 Å². The molecule has 3 rings (SSSR count). The average molecular weight is 297 g/mol. The molecule has 2 saturated heterocycles. The van der Waals surface area contributed by atoms with Crippen LogP contribution in [-0.2, 0) is 14.3 Å². The summed E-state index contributed by atoms with van der Waals surface area (Å²) in [6.07, 6.45) is 6.92. The minimum Gasteiger partial charge on any atom is -0.481 e. The fourth-order valence-corrected chi connectivity index (χ4v) is 4.01. The number of carboxylic acid groups (broad SMARTS) is 1. The molecule has 2 N–H and O–H groups in total. The number of hydrogen-bond donors (Lipinski definition) is 2. The van der Waals surface area contributed by atoms with Crippen molar-refractivity contribution in [2.24, 2.45) is 11.8 Å². The van der Waals surface area contributed by atoms with Gasteiger partial charge in [-0.15, -0.1) is 0 Å². The van der Waals surface area contributed by atoms with Crippen LogP contribution in [-0.4, -0.2) is 49.1 Å². The van der Waals surface area contributed by atoms with Crippen LogP contribution in [0.5, 0.6) is 0 Å². The molecule has 3 aliphatic rings. The lowest BCUT2D eigenvalue weighted by Gasteiger charge is -2.38. The van der Waals surface area contributed by atoms with Crippen molar-refractivity contribution >= 4 is 5.97 Å². The highest BCUT2D eigenvalue weighted by Gasteiger charge is 2.41. The summed E-state index contributed by atoms with van der Waals surface area (Å²) in [6.45, 7) is 3.42. The van der Waals surface area contributed by atoms with Crippen LogP contribution in [0.25, 0.3) is 0 Å². The van der Waals surface area contributed by atoms with Crippen LogP contribution in [0.4, 0.5) is 0 Å². The summed E-state index contributed by atoms with van der Waals surface area (Å²) in [4.78, 5) is 11.0. The van der Waals surface area contributed by atoms with Gasteiger partial charge in [-0.05, 0) is 51.0 Å². The first kappa shape index (κ1) is 15.3. The monoisotopic (exact) mass is 297 g/mol. The van der Waals surface area contributed by atoms with Crippen molar-refractivity contribution in [1.82, 2.24) is 5.32 Å². The van der Waals surface area contributed by atoms with Gasteiger partial charge < -0.3 is 19.9 Å². The van der Waals surface area contributed by atoms with Gasteiger partial charge in [-0.3, -0.25) is 4.79 Å². The summed E-state index contributed by atoms with van der Waals surface area (Å²) < 4.78 is 11.5. The minimum atomic E-state index is -0.617. The molecule has 2 heterocycles. The maximum atomic E-state index is 11.0. The lowest BCUT2D eigenvalue weighted by atomic mass is 9.81. The molecule has 120 valence electrons. The minimum absolute atomic E-state index is 0.0309. The zero-order valence-electron chi connectivity index (χ0n) is 12.7. The number of hydrogen-bond acceptors (Lipinski definition) is 4. The summed E-state index contributed by atoms with van der Waals surface area (Å²) in [5.74, 6) is -0.0866. The molecule has 0 radical (unpaired) electrons. The molecule has 21 heavy (non-hydrogen) atoms. The fraction of sp³-hybridized carbons (Fsp3) is 0.938. The van der Waals surface area contributed by atoms with Gasteiger partial charge in [0, 0.05) is 25.7 Å². The molecular formula is C16H27NO4. The first-order chi connectivity index (χ1) is 10.2. The number of aliphatic carboxylic acids is 1. The molecule has 1 spiro atoms. The van der Waals surface area contributed by atoms with E-state index < -0.39 is 5.97 Å². The Bertz CT molecular complexity index is 359. The third-order valence-corrected chi connectivity index (χ3v) is 5.45. The molecule has 5 heteroatoms. The van der Waals surface area contributed by atoms with Crippen LogP contribution in [0.2, 0.25) is 0 Å². The predicted octanol–water partition coefficient (Wildman–Crippen LogP) is 1.81. The van der Waals surface area contributed by atoms with Crippen LogP contribution in [0.3, 0.4) is 0 Å². The van der Waals surface area contributed by atoms with Gasteiger partial charge in [-0.2, -0.15) is 0 Å². The Hall–Kier alpha value is -0.650. The van der Waals surface area contributed by atoms with Gasteiger partial charge in [0.2, 0.25) is 0 Å². The molecule has 0 aromatic rings. The van der Waals surface area contributed by atoms with E-state index in [0.717, 1.165) is 71.3 Å². The van der Waals surface area contributed by atoms with E-state index in [1.54, 1.807) is 0 Å². The first-order valence-electron chi connectivity index (χ1n) is 8.35. The Morgan fingerprint density at radius 3 is 2.67 bits per heavy atom. The lowest BCUT2D eigenvalue weighted by molar-refractivity contribution is -0.143. The van der Waals surface area contributed by atoms with Crippen LogP contribution >= 0.6 is 0 Å². The van der Waals surface area contributed by atoms with Crippen LogP contribution in [0.1, 0.15) is 44.9 Å². The molecule has 5 nitrogen and oxygen atoms in total. The number of carbonyl (C=O) groups is 1. The van der Waals surface area contributed by atoms with Gasteiger partial charge in [0.15, 0.2) is 0 Å². The van der Waals surface area contributed by atoms with Gasteiger partial charge in [-0.1, -0.05) is 0 Å². The normalized spacial score (nSPS) is 40.5. The Labute approximate surface area is 126 Å². The number of rotatable bonds is 4. The van der Waals surface area contributed by atoms with Crippen LogP contribution in [0.15, 0.2) is 0 Å². The highest BCUT2D eigenvalue weighted by atomic mass is 16.6. The van der Waals surface area contributed by atoms with E-state index in [2.05, 4.69) is 5.32 Å². The molecule has 0 bridgehead atoms. The van der Waals surface area contributed by atoms with E-state index in [0.29, 0.717) is 12.0 Å². The predicted molar refractivity (Wildman–Crippen MR) is 78.2 cm³/mol. The molecule has 2 atom stereocenters. The van der Waals surface area contributed by atoms with Crippen molar-refractivity contribution in [3.63, 3.8) is 0 Å². The van der Waals surface area contributed by atoms with E-state index in [4.69, 9.17) is 14.6 Å². The summed E-state index contributed by atoms with van der Waals surface area (Å²) in [5, 5.41) is 12.7. The maximum Gasteiger partial charge on any atom is 0.306 e. The molecule has 1 saturated carbocycles. The number of ether oxygens (including phenoxy) is 2. The van der Waals surface area contributed by atoms with Crippen molar-refractivity contribution in [3.8, 4) is 0 Å². The van der Waals surface area contributed by atoms with Crippen molar-refractivity contribution in [1.29, 1.82) is 0 Å². The number of nitrogens with one attached hydrogen (secondary N) is 1. The molecule has 2 unspecified atom stereocenters. The molecule has 0 amide bonds. The Morgan fingerprint density at radius 2 is 2.00 bits per heavy atom. The zero-order valence-corrected chi connectivity index (χ0v) is 12.7.